The number of nitrogens with one attached hydrogen (secondary N) is 1. The van der Waals surface area contributed by atoms with Gasteiger partial charge in [0, 0.05) is 17.7 Å². The van der Waals surface area contributed by atoms with E-state index in [9.17, 15) is 4.79 Å². The molecule has 0 aliphatic carbocycles. The lowest BCUT2D eigenvalue weighted by Gasteiger charge is -2.11. The Morgan fingerprint density at radius 1 is 0.862 bits per heavy atom. The maximum atomic E-state index is 12.1. The minimum absolute atomic E-state index is 0.0188. The van der Waals surface area contributed by atoms with Gasteiger partial charge in [-0.2, -0.15) is 0 Å². The lowest BCUT2D eigenvalue weighted by Crippen LogP contribution is -2.24. The van der Waals surface area contributed by atoms with Gasteiger partial charge < -0.3 is 14.8 Å². The number of carbonyl (C=O) groups excluding carboxylic acids is 1. The molecule has 0 unspecified atom stereocenters. The van der Waals surface area contributed by atoms with Crippen molar-refractivity contribution in [1.82, 2.24) is 5.32 Å². The Bertz CT molecular complexity index is 932. The molecular formula is C25H25NO3. The summed E-state index contributed by atoms with van der Waals surface area (Å²) in [6.07, 6.45) is 1.59. The predicted octanol–water partition coefficient (Wildman–Crippen LogP) is 4.76. The van der Waals surface area contributed by atoms with Gasteiger partial charge in [-0.25, -0.2) is 0 Å². The Hall–Kier alpha value is -2.95. The second-order valence-corrected chi connectivity index (χ2v) is 7.12. The predicted molar refractivity (Wildman–Crippen MR) is 114 cm³/mol. The average molecular weight is 387 g/mol. The van der Waals surface area contributed by atoms with Gasteiger partial charge in [0.15, 0.2) is 6.29 Å². The molecule has 29 heavy (non-hydrogen) atoms. The first-order valence-electron chi connectivity index (χ1n) is 10.1. The zero-order chi connectivity index (χ0) is 19.9. The summed E-state index contributed by atoms with van der Waals surface area (Å²) in [5, 5.41) is 2.99. The largest absolute Gasteiger partial charge is 0.352 e. The van der Waals surface area contributed by atoms with E-state index in [0.29, 0.717) is 25.3 Å². The van der Waals surface area contributed by atoms with Gasteiger partial charge in [-0.3, -0.25) is 4.79 Å². The van der Waals surface area contributed by atoms with Crippen molar-refractivity contribution >= 4 is 5.91 Å². The molecule has 1 aliphatic heterocycles. The van der Waals surface area contributed by atoms with Crippen LogP contribution < -0.4 is 5.32 Å². The molecule has 3 aromatic carbocycles. The molecule has 1 amide bonds. The van der Waals surface area contributed by atoms with Crippen molar-refractivity contribution in [3.05, 3.63) is 95.6 Å². The smallest absolute Gasteiger partial charge is 0.251 e. The van der Waals surface area contributed by atoms with Crippen molar-refractivity contribution < 1.29 is 14.3 Å². The van der Waals surface area contributed by atoms with E-state index in [-0.39, 0.29) is 12.2 Å². The molecule has 0 bridgehead atoms. The fourth-order valence-electron chi connectivity index (χ4n) is 3.48. The third-order valence-electron chi connectivity index (χ3n) is 5.03. The molecule has 1 fully saturated rings. The Balaban J connectivity index is 1.31. The highest BCUT2D eigenvalue weighted by molar-refractivity contribution is 5.94. The van der Waals surface area contributed by atoms with E-state index in [4.69, 9.17) is 9.47 Å². The van der Waals surface area contributed by atoms with Crippen molar-refractivity contribution in [2.45, 2.75) is 19.1 Å². The van der Waals surface area contributed by atoms with Gasteiger partial charge in [-0.15, -0.1) is 0 Å². The Morgan fingerprint density at radius 3 is 2.38 bits per heavy atom. The zero-order valence-corrected chi connectivity index (χ0v) is 16.3. The molecule has 1 aliphatic rings. The van der Waals surface area contributed by atoms with Crippen LogP contribution in [0.25, 0.3) is 11.1 Å². The number of amides is 1. The van der Waals surface area contributed by atoms with E-state index in [2.05, 4.69) is 53.8 Å². The third kappa shape index (κ3) is 5.11. The molecule has 3 aromatic rings. The minimum Gasteiger partial charge on any atom is -0.352 e. The van der Waals surface area contributed by atoms with Crippen LogP contribution in [0.5, 0.6) is 0 Å². The Morgan fingerprint density at radius 2 is 1.62 bits per heavy atom. The molecule has 0 radical (unpaired) electrons. The molecular weight excluding hydrogens is 362 g/mol. The van der Waals surface area contributed by atoms with Crippen molar-refractivity contribution in [1.29, 1.82) is 0 Å². The molecule has 4 rings (SSSR count). The van der Waals surface area contributed by atoms with Crippen LogP contribution in [-0.2, 0) is 15.9 Å². The summed E-state index contributed by atoms with van der Waals surface area (Å²) < 4.78 is 11.1. The van der Waals surface area contributed by atoms with Crippen molar-refractivity contribution in [2.75, 3.05) is 19.8 Å². The highest BCUT2D eigenvalue weighted by Crippen LogP contribution is 2.27. The van der Waals surface area contributed by atoms with E-state index in [1.54, 1.807) is 0 Å². The van der Waals surface area contributed by atoms with Crippen LogP contribution >= 0.6 is 0 Å². The summed E-state index contributed by atoms with van der Waals surface area (Å²) in [6.45, 7) is 1.97. The summed E-state index contributed by atoms with van der Waals surface area (Å²) >= 11 is 0. The van der Waals surface area contributed by atoms with E-state index in [1.807, 2.05) is 30.3 Å². The number of hydrogen-bond donors (Lipinski definition) is 1. The molecule has 0 saturated carbocycles. The molecule has 0 aromatic heterocycles. The first-order valence-corrected chi connectivity index (χ1v) is 10.1. The van der Waals surface area contributed by atoms with E-state index in [1.165, 1.54) is 16.7 Å². The standard InChI is InChI=1S/C25H25NO3/c27-24(21-8-2-1-3-9-21)26-15-5-7-19-6-4-10-23(18-19)20-11-13-22(14-12-20)25-28-16-17-29-25/h1-4,6,8-14,18,25H,5,7,15-17H2,(H,26,27). The highest BCUT2D eigenvalue weighted by atomic mass is 16.7. The maximum absolute atomic E-state index is 12.1. The lowest BCUT2D eigenvalue weighted by atomic mass is 10.00. The molecule has 4 heteroatoms. The van der Waals surface area contributed by atoms with Crippen molar-refractivity contribution in [3.8, 4) is 11.1 Å². The summed E-state index contributed by atoms with van der Waals surface area (Å²) in [5.74, 6) is -0.0188. The van der Waals surface area contributed by atoms with Crippen LogP contribution in [0.2, 0.25) is 0 Å². The number of ether oxygens (including phenoxy) is 2. The first kappa shape index (κ1) is 19.4. The van der Waals surface area contributed by atoms with Crippen LogP contribution in [0, 0.1) is 0 Å². The second-order valence-electron chi connectivity index (χ2n) is 7.12. The van der Waals surface area contributed by atoms with Gasteiger partial charge in [0.25, 0.3) is 5.91 Å². The molecule has 1 N–H and O–H groups in total. The SMILES string of the molecule is O=C(NCCCc1cccc(-c2ccc(C3OCCO3)cc2)c1)c1ccccc1. The number of rotatable bonds is 7. The minimum atomic E-state index is -0.235. The first-order chi connectivity index (χ1) is 14.3. The number of benzene rings is 3. The highest BCUT2D eigenvalue weighted by Gasteiger charge is 2.17. The van der Waals surface area contributed by atoms with E-state index in [0.717, 1.165) is 18.4 Å². The molecule has 1 heterocycles. The van der Waals surface area contributed by atoms with Crippen LogP contribution in [0.15, 0.2) is 78.9 Å². The van der Waals surface area contributed by atoms with Gasteiger partial charge in [-0.05, 0) is 41.7 Å². The zero-order valence-electron chi connectivity index (χ0n) is 16.3. The van der Waals surface area contributed by atoms with Gasteiger partial charge in [0.2, 0.25) is 0 Å². The fraction of sp³-hybridized carbons (Fsp3) is 0.240. The fourth-order valence-corrected chi connectivity index (χ4v) is 3.48. The molecule has 148 valence electrons. The monoisotopic (exact) mass is 387 g/mol. The van der Waals surface area contributed by atoms with Crippen LogP contribution in [0.4, 0.5) is 0 Å². The van der Waals surface area contributed by atoms with E-state index < -0.39 is 0 Å². The van der Waals surface area contributed by atoms with Crippen molar-refractivity contribution in [3.63, 3.8) is 0 Å². The summed E-state index contributed by atoms with van der Waals surface area (Å²) in [4.78, 5) is 12.1. The third-order valence-corrected chi connectivity index (χ3v) is 5.03. The van der Waals surface area contributed by atoms with Crippen molar-refractivity contribution in [2.24, 2.45) is 0 Å². The van der Waals surface area contributed by atoms with Gasteiger partial charge in [0.1, 0.15) is 0 Å². The second kappa shape index (κ2) is 9.50. The topological polar surface area (TPSA) is 47.6 Å². The number of carbonyl (C=O) groups is 1. The lowest BCUT2D eigenvalue weighted by molar-refractivity contribution is -0.0441. The molecule has 0 spiro atoms. The quantitative estimate of drug-likeness (QED) is 0.595. The van der Waals surface area contributed by atoms with Crippen LogP contribution in [-0.4, -0.2) is 25.7 Å². The molecule has 0 atom stereocenters. The molecule has 4 nitrogen and oxygen atoms in total. The summed E-state index contributed by atoms with van der Waals surface area (Å²) in [5.41, 5.74) is 5.38. The van der Waals surface area contributed by atoms with Gasteiger partial charge >= 0.3 is 0 Å². The van der Waals surface area contributed by atoms with Gasteiger partial charge in [-0.1, -0.05) is 66.7 Å². The summed E-state index contributed by atoms with van der Waals surface area (Å²) in [7, 11) is 0. The van der Waals surface area contributed by atoms with Crippen LogP contribution in [0.3, 0.4) is 0 Å². The number of aryl methyl sites for hydroxylation is 1. The Labute approximate surface area is 171 Å². The normalized spacial score (nSPS) is 14.1. The van der Waals surface area contributed by atoms with Gasteiger partial charge in [0.05, 0.1) is 13.2 Å². The molecule has 1 saturated heterocycles. The summed E-state index contributed by atoms with van der Waals surface area (Å²) in [6, 6.07) is 26.2. The average Bonchev–Trinajstić information content (AvgIpc) is 3.32. The van der Waals surface area contributed by atoms with E-state index >= 15 is 0 Å². The Kier molecular flexibility index (Phi) is 6.35. The number of hydrogen-bond acceptors (Lipinski definition) is 3. The van der Waals surface area contributed by atoms with Crippen LogP contribution in [0.1, 0.15) is 34.2 Å². The maximum Gasteiger partial charge on any atom is 0.251 e.